The Labute approximate surface area is 115 Å². The molecule has 1 aromatic carbocycles. The van der Waals surface area contributed by atoms with Gasteiger partial charge in [-0.25, -0.2) is 4.57 Å². The minimum absolute atomic E-state index is 0.371. The van der Waals surface area contributed by atoms with Crippen LogP contribution in [0.3, 0.4) is 0 Å². The summed E-state index contributed by atoms with van der Waals surface area (Å²) in [5.74, 6) is 0.641. The van der Waals surface area contributed by atoms with Gasteiger partial charge in [-0.3, -0.25) is 4.21 Å². The topological polar surface area (TPSA) is 73.6 Å². The SMILES string of the molecule is C[S@@](=O)c1nncn1-c1nc(-c2ccccc2)ns1. The predicted molar refractivity (Wildman–Crippen MR) is 72.6 cm³/mol. The lowest BCUT2D eigenvalue weighted by Crippen LogP contribution is -2.01. The molecule has 1 atom stereocenters. The lowest BCUT2D eigenvalue weighted by molar-refractivity contribution is 0.675. The number of hydrogen-bond acceptors (Lipinski definition) is 6. The van der Waals surface area contributed by atoms with Crippen LogP contribution in [0.25, 0.3) is 16.5 Å². The average Bonchev–Trinajstić information content (AvgIpc) is 3.08. The van der Waals surface area contributed by atoms with E-state index in [-0.39, 0.29) is 0 Å². The van der Waals surface area contributed by atoms with E-state index in [9.17, 15) is 4.21 Å². The predicted octanol–water partition coefficient (Wildman–Crippen LogP) is 1.52. The van der Waals surface area contributed by atoms with E-state index in [1.54, 1.807) is 10.8 Å². The Kier molecular flexibility index (Phi) is 3.18. The molecule has 0 fully saturated rings. The molecule has 0 aliphatic rings. The van der Waals surface area contributed by atoms with Crippen molar-refractivity contribution in [1.29, 1.82) is 0 Å². The van der Waals surface area contributed by atoms with Crippen LogP contribution in [0, 0.1) is 0 Å². The standard InChI is InChI=1S/C11H9N5OS2/c1-19(17)11-14-12-7-16(11)10-13-9(15-18-10)8-5-3-2-4-6-8/h2-7H,1H3/t19-/m1/s1. The quantitative estimate of drug-likeness (QED) is 0.731. The Morgan fingerprint density at radius 2 is 2.05 bits per heavy atom. The summed E-state index contributed by atoms with van der Waals surface area (Å²) in [7, 11) is -1.22. The molecule has 2 aromatic heterocycles. The highest BCUT2D eigenvalue weighted by atomic mass is 32.2. The normalized spacial score (nSPS) is 12.5. The van der Waals surface area contributed by atoms with Gasteiger partial charge in [0.1, 0.15) is 6.33 Å². The summed E-state index contributed by atoms with van der Waals surface area (Å²) in [6.45, 7) is 0. The Balaban J connectivity index is 2.02. The second-order valence-corrected chi connectivity index (χ2v) is 5.71. The minimum atomic E-state index is -1.22. The Bertz CT molecular complexity index is 722. The van der Waals surface area contributed by atoms with Crippen molar-refractivity contribution in [2.75, 3.05) is 6.26 Å². The molecule has 0 unspecified atom stereocenters. The highest BCUT2D eigenvalue weighted by Gasteiger charge is 2.14. The van der Waals surface area contributed by atoms with Crippen molar-refractivity contribution in [3.63, 3.8) is 0 Å². The van der Waals surface area contributed by atoms with E-state index in [0.717, 1.165) is 5.56 Å². The molecule has 0 spiro atoms. The van der Waals surface area contributed by atoms with Gasteiger partial charge in [0.25, 0.3) is 0 Å². The van der Waals surface area contributed by atoms with Gasteiger partial charge in [0.2, 0.25) is 10.3 Å². The van der Waals surface area contributed by atoms with Gasteiger partial charge in [-0.1, -0.05) is 30.3 Å². The number of hydrogen-bond donors (Lipinski definition) is 0. The Morgan fingerprint density at radius 3 is 2.79 bits per heavy atom. The third kappa shape index (κ3) is 2.32. The first-order valence-corrected chi connectivity index (χ1v) is 7.72. The lowest BCUT2D eigenvalue weighted by atomic mass is 10.2. The molecule has 0 radical (unpaired) electrons. The van der Waals surface area contributed by atoms with Crippen LogP contribution in [0.4, 0.5) is 0 Å². The van der Waals surface area contributed by atoms with E-state index in [1.807, 2.05) is 30.3 Å². The van der Waals surface area contributed by atoms with Crippen molar-refractivity contribution in [2.24, 2.45) is 0 Å². The van der Waals surface area contributed by atoms with Crippen LogP contribution in [0.2, 0.25) is 0 Å². The largest absolute Gasteiger partial charge is 0.251 e. The van der Waals surface area contributed by atoms with E-state index in [0.29, 0.717) is 16.1 Å². The molecule has 19 heavy (non-hydrogen) atoms. The molecular weight excluding hydrogens is 282 g/mol. The maximum absolute atomic E-state index is 11.5. The van der Waals surface area contributed by atoms with E-state index in [2.05, 4.69) is 19.6 Å². The summed E-state index contributed by atoms with van der Waals surface area (Å²) in [5.41, 5.74) is 0.942. The fraction of sp³-hybridized carbons (Fsp3) is 0.0909. The fourth-order valence-corrected chi connectivity index (χ4v) is 2.86. The van der Waals surface area contributed by atoms with Crippen molar-refractivity contribution in [3.05, 3.63) is 36.7 Å². The van der Waals surface area contributed by atoms with Crippen molar-refractivity contribution in [1.82, 2.24) is 24.1 Å². The summed E-state index contributed by atoms with van der Waals surface area (Å²) in [6, 6.07) is 9.69. The zero-order valence-corrected chi connectivity index (χ0v) is 11.6. The number of rotatable bonds is 3. The summed E-state index contributed by atoms with van der Waals surface area (Å²) in [4.78, 5) is 4.42. The third-order valence-corrected chi connectivity index (χ3v) is 3.94. The molecule has 0 amide bonds. The molecule has 0 bridgehead atoms. The zero-order chi connectivity index (χ0) is 13.2. The first-order chi connectivity index (χ1) is 9.25. The summed E-state index contributed by atoms with van der Waals surface area (Å²) in [6.07, 6.45) is 3.05. The van der Waals surface area contributed by atoms with Crippen molar-refractivity contribution in [2.45, 2.75) is 5.16 Å². The maximum Gasteiger partial charge on any atom is 0.227 e. The van der Waals surface area contributed by atoms with Crippen LogP contribution in [0.1, 0.15) is 0 Å². The van der Waals surface area contributed by atoms with Crippen LogP contribution in [0.15, 0.2) is 41.8 Å². The Hall–Kier alpha value is -1.93. The molecule has 3 rings (SSSR count). The van der Waals surface area contributed by atoms with E-state index >= 15 is 0 Å². The first kappa shape index (κ1) is 12.1. The summed E-state index contributed by atoms with van der Waals surface area (Å²) >= 11 is 1.22. The maximum atomic E-state index is 11.5. The molecule has 6 nitrogen and oxygen atoms in total. The fourth-order valence-electron chi connectivity index (χ4n) is 1.57. The highest BCUT2D eigenvalue weighted by molar-refractivity contribution is 7.84. The second kappa shape index (κ2) is 4.98. The van der Waals surface area contributed by atoms with Crippen molar-refractivity contribution in [3.8, 4) is 16.5 Å². The van der Waals surface area contributed by atoms with Crippen molar-refractivity contribution >= 4 is 22.3 Å². The van der Waals surface area contributed by atoms with Gasteiger partial charge in [0.05, 0.1) is 10.8 Å². The van der Waals surface area contributed by atoms with E-state index in [1.165, 1.54) is 17.9 Å². The molecule has 8 heteroatoms. The molecule has 96 valence electrons. The third-order valence-electron chi connectivity index (χ3n) is 2.43. The van der Waals surface area contributed by atoms with Crippen LogP contribution >= 0.6 is 11.5 Å². The molecule has 0 aliphatic carbocycles. The second-order valence-electron chi connectivity index (χ2n) is 3.70. The highest BCUT2D eigenvalue weighted by Crippen LogP contribution is 2.21. The summed E-state index contributed by atoms with van der Waals surface area (Å²) in [5, 5.41) is 8.56. The Morgan fingerprint density at radius 1 is 1.26 bits per heavy atom. The van der Waals surface area contributed by atoms with Gasteiger partial charge in [0.15, 0.2) is 5.82 Å². The van der Waals surface area contributed by atoms with Gasteiger partial charge < -0.3 is 0 Å². The van der Waals surface area contributed by atoms with Gasteiger partial charge in [-0.15, -0.1) is 10.2 Å². The summed E-state index contributed by atoms with van der Waals surface area (Å²) < 4.78 is 17.4. The van der Waals surface area contributed by atoms with Gasteiger partial charge in [-0.2, -0.15) is 9.36 Å². The van der Waals surface area contributed by atoms with Gasteiger partial charge in [-0.05, 0) is 0 Å². The molecule has 3 aromatic rings. The van der Waals surface area contributed by atoms with E-state index in [4.69, 9.17) is 0 Å². The van der Waals surface area contributed by atoms with Crippen molar-refractivity contribution < 1.29 is 4.21 Å². The number of aromatic nitrogens is 5. The number of benzene rings is 1. The van der Waals surface area contributed by atoms with Crippen LogP contribution < -0.4 is 0 Å². The smallest absolute Gasteiger partial charge is 0.227 e. The minimum Gasteiger partial charge on any atom is -0.251 e. The van der Waals surface area contributed by atoms with Gasteiger partial charge >= 0.3 is 0 Å². The molecule has 0 N–H and O–H groups in total. The van der Waals surface area contributed by atoms with Crippen LogP contribution in [-0.4, -0.2) is 34.6 Å². The lowest BCUT2D eigenvalue weighted by Gasteiger charge is -1.97. The first-order valence-electron chi connectivity index (χ1n) is 5.38. The average molecular weight is 291 g/mol. The molecule has 0 aliphatic heterocycles. The molecular formula is C11H9N5OS2. The van der Waals surface area contributed by atoms with E-state index < -0.39 is 10.8 Å². The monoisotopic (exact) mass is 291 g/mol. The molecule has 2 heterocycles. The zero-order valence-electron chi connectivity index (χ0n) is 9.92. The van der Waals surface area contributed by atoms with Gasteiger partial charge in [0, 0.05) is 23.4 Å². The molecule has 0 saturated carbocycles. The van der Waals surface area contributed by atoms with Crippen LogP contribution in [-0.2, 0) is 10.8 Å². The number of nitrogens with zero attached hydrogens (tertiary/aromatic N) is 5. The van der Waals surface area contributed by atoms with Crippen LogP contribution in [0.5, 0.6) is 0 Å². The molecule has 0 saturated heterocycles.